The number of aliphatic imine (C=N–C) groups is 1. The molecule has 0 amide bonds. The van der Waals surface area contributed by atoms with E-state index in [0.29, 0.717) is 0 Å². The molecular formula is C22H29N5. The molecular weight excluding hydrogens is 334 g/mol. The highest BCUT2D eigenvalue weighted by atomic mass is 15.4. The molecule has 2 aromatic rings. The zero-order valence-electron chi connectivity index (χ0n) is 16.1. The van der Waals surface area contributed by atoms with E-state index in [-0.39, 0.29) is 0 Å². The van der Waals surface area contributed by atoms with Gasteiger partial charge >= 0.3 is 0 Å². The molecule has 0 unspecified atom stereocenters. The Morgan fingerprint density at radius 2 is 2.00 bits per heavy atom. The smallest absolute Gasteiger partial charge is 0.0945 e. The molecule has 0 bridgehead atoms. The molecule has 5 nitrogen and oxygen atoms in total. The van der Waals surface area contributed by atoms with E-state index in [4.69, 9.17) is 0 Å². The fourth-order valence-corrected chi connectivity index (χ4v) is 2.51. The van der Waals surface area contributed by atoms with E-state index in [9.17, 15) is 0 Å². The summed E-state index contributed by atoms with van der Waals surface area (Å²) in [7, 11) is 1.92. The Labute approximate surface area is 162 Å². The van der Waals surface area contributed by atoms with Crippen molar-refractivity contribution in [2.45, 2.75) is 32.2 Å². The van der Waals surface area contributed by atoms with Crippen LogP contribution in [-0.2, 0) is 6.54 Å². The van der Waals surface area contributed by atoms with Gasteiger partial charge in [0.25, 0.3) is 0 Å². The number of hydrogen-bond donors (Lipinski definition) is 0. The van der Waals surface area contributed by atoms with Gasteiger partial charge in [-0.3, -0.25) is 10.0 Å². The number of allylic oxidation sites excluding steroid dienone is 3. The largest absolute Gasteiger partial charge is 0.337 e. The molecule has 0 saturated heterocycles. The summed E-state index contributed by atoms with van der Waals surface area (Å²) in [5.41, 5.74) is 1.97. The van der Waals surface area contributed by atoms with Gasteiger partial charge < -0.3 is 4.57 Å². The molecule has 0 saturated carbocycles. The Hall–Kier alpha value is -2.95. The second kappa shape index (κ2) is 12.4. The van der Waals surface area contributed by atoms with Crippen LogP contribution in [0.1, 0.15) is 25.7 Å². The summed E-state index contributed by atoms with van der Waals surface area (Å²) in [6.07, 6.45) is 17.8. The van der Waals surface area contributed by atoms with Gasteiger partial charge in [-0.05, 0) is 36.6 Å². The highest BCUT2D eigenvalue weighted by molar-refractivity contribution is 5.89. The van der Waals surface area contributed by atoms with Crippen LogP contribution >= 0.6 is 0 Å². The highest BCUT2D eigenvalue weighted by Crippen LogP contribution is 2.10. The normalized spacial score (nSPS) is 12.1. The van der Waals surface area contributed by atoms with Crippen LogP contribution in [0, 0.1) is 0 Å². The fraction of sp³-hybridized carbons (Fsp3) is 0.318. The molecule has 5 heteroatoms. The van der Waals surface area contributed by atoms with Crippen molar-refractivity contribution < 1.29 is 0 Å². The minimum atomic E-state index is 0.854. The average Bonchev–Trinajstić information content (AvgIpc) is 3.23. The minimum absolute atomic E-state index is 0.854. The van der Waals surface area contributed by atoms with Crippen LogP contribution in [0.2, 0.25) is 0 Å². The first kappa shape index (κ1) is 20.4. The van der Waals surface area contributed by atoms with Crippen molar-refractivity contribution >= 4 is 18.1 Å². The van der Waals surface area contributed by atoms with Crippen LogP contribution in [-0.4, -0.2) is 35.6 Å². The number of hydrazone groups is 1. The van der Waals surface area contributed by atoms with Gasteiger partial charge in [0, 0.05) is 38.7 Å². The van der Waals surface area contributed by atoms with Gasteiger partial charge in [-0.15, -0.1) is 0 Å². The van der Waals surface area contributed by atoms with Gasteiger partial charge in [0.1, 0.15) is 0 Å². The lowest BCUT2D eigenvalue weighted by Gasteiger charge is -2.12. The second-order valence-corrected chi connectivity index (χ2v) is 6.24. The number of benzene rings is 1. The fourth-order valence-electron chi connectivity index (χ4n) is 2.51. The molecule has 0 aliphatic carbocycles. The molecule has 142 valence electrons. The molecule has 27 heavy (non-hydrogen) atoms. The zero-order valence-corrected chi connectivity index (χ0v) is 16.1. The molecule has 0 spiro atoms. The first-order valence-corrected chi connectivity index (χ1v) is 9.40. The van der Waals surface area contributed by atoms with Crippen LogP contribution in [0.5, 0.6) is 0 Å². The maximum Gasteiger partial charge on any atom is 0.0945 e. The van der Waals surface area contributed by atoms with Gasteiger partial charge in [0.15, 0.2) is 0 Å². The molecule has 0 atom stereocenters. The Balaban J connectivity index is 1.63. The van der Waals surface area contributed by atoms with Crippen LogP contribution in [0.3, 0.4) is 0 Å². The molecule has 1 heterocycles. The van der Waals surface area contributed by atoms with E-state index in [1.807, 2.05) is 73.4 Å². The number of imidazole rings is 1. The Bertz CT molecular complexity index is 729. The van der Waals surface area contributed by atoms with Gasteiger partial charge in [0.05, 0.1) is 18.2 Å². The lowest BCUT2D eigenvalue weighted by molar-refractivity contribution is 0.575. The number of para-hydroxylation sites is 1. The van der Waals surface area contributed by atoms with E-state index in [2.05, 4.69) is 26.2 Å². The predicted molar refractivity (Wildman–Crippen MR) is 116 cm³/mol. The molecule has 2 rings (SSSR count). The van der Waals surface area contributed by atoms with E-state index >= 15 is 0 Å². The van der Waals surface area contributed by atoms with Crippen LogP contribution in [0.25, 0.3) is 0 Å². The summed E-state index contributed by atoms with van der Waals surface area (Å²) in [6, 6.07) is 10.0. The SMILES string of the molecule is C=CC(/C=N/N(C)c1ccccc1)=C\C=NCCCCCCn1ccnc1. The Morgan fingerprint density at radius 3 is 2.74 bits per heavy atom. The summed E-state index contributed by atoms with van der Waals surface area (Å²) in [5, 5.41) is 6.27. The summed E-state index contributed by atoms with van der Waals surface area (Å²) in [5.74, 6) is 0. The van der Waals surface area contributed by atoms with E-state index in [1.54, 1.807) is 12.3 Å². The number of rotatable bonds is 12. The van der Waals surface area contributed by atoms with Crippen molar-refractivity contribution in [2.75, 3.05) is 18.6 Å². The van der Waals surface area contributed by atoms with Crippen molar-refractivity contribution in [2.24, 2.45) is 10.1 Å². The van der Waals surface area contributed by atoms with Gasteiger partial charge in [-0.25, -0.2) is 4.98 Å². The van der Waals surface area contributed by atoms with Crippen molar-refractivity contribution in [3.05, 3.63) is 73.4 Å². The van der Waals surface area contributed by atoms with E-state index < -0.39 is 0 Å². The standard InChI is InChI=1S/C22H29N5/c1-3-21(19-25-26(2)22-11-7-6-8-12-22)13-15-23-14-9-4-5-10-17-27-18-16-24-20-27/h3,6-8,11-13,15-16,18-20H,1,4-5,9-10,14,17H2,2H3/b21-13+,23-15?,25-19+. The second-order valence-electron chi connectivity index (χ2n) is 6.24. The van der Waals surface area contributed by atoms with Crippen molar-refractivity contribution in [3.8, 4) is 0 Å². The lowest BCUT2D eigenvalue weighted by Crippen LogP contribution is -2.08. The summed E-state index contributed by atoms with van der Waals surface area (Å²) >= 11 is 0. The van der Waals surface area contributed by atoms with E-state index in [0.717, 1.165) is 30.8 Å². The van der Waals surface area contributed by atoms with E-state index in [1.165, 1.54) is 19.3 Å². The quantitative estimate of drug-likeness (QED) is 0.236. The van der Waals surface area contributed by atoms with Crippen molar-refractivity contribution in [1.82, 2.24) is 9.55 Å². The van der Waals surface area contributed by atoms with Gasteiger partial charge in [-0.2, -0.15) is 5.10 Å². The first-order valence-electron chi connectivity index (χ1n) is 9.40. The first-order chi connectivity index (χ1) is 13.3. The molecule has 0 fully saturated rings. The Kier molecular flexibility index (Phi) is 9.36. The predicted octanol–water partition coefficient (Wildman–Crippen LogP) is 4.75. The van der Waals surface area contributed by atoms with Gasteiger partial charge in [0.2, 0.25) is 0 Å². The lowest BCUT2D eigenvalue weighted by atomic mass is 10.2. The topological polar surface area (TPSA) is 45.8 Å². The van der Waals surface area contributed by atoms with Gasteiger partial charge in [-0.1, -0.05) is 43.7 Å². The summed E-state index contributed by atoms with van der Waals surface area (Å²) in [4.78, 5) is 8.50. The number of anilines is 1. The summed E-state index contributed by atoms with van der Waals surface area (Å²) < 4.78 is 2.12. The zero-order chi connectivity index (χ0) is 19.2. The minimum Gasteiger partial charge on any atom is -0.337 e. The van der Waals surface area contributed by atoms with Crippen LogP contribution in [0.15, 0.2) is 83.5 Å². The monoisotopic (exact) mass is 363 g/mol. The molecule has 1 aromatic carbocycles. The molecule has 0 radical (unpaired) electrons. The number of aryl methyl sites for hydroxylation is 1. The number of hydrogen-bond acceptors (Lipinski definition) is 4. The molecule has 0 aliphatic heterocycles. The van der Waals surface area contributed by atoms with Crippen molar-refractivity contribution in [3.63, 3.8) is 0 Å². The van der Waals surface area contributed by atoms with Crippen molar-refractivity contribution in [1.29, 1.82) is 0 Å². The maximum atomic E-state index is 4.45. The molecule has 0 N–H and O–H groups in total. The third-order valence-corrected chi connectivity index (χ3v) is 4.13. The number of aromatic nitrogens is 2. The Morgan fingerprint density at radius 1 is 1.19 bits per heavy atom. The summed E-state index contributed by atoms with van der Waals surface area (Å²) in [6.45, 7) is 5.74. The number of nitrogens with zero attached hydrogens (tertiary/aromatic N) is 5. The molecule has 0 aliphatic rings. The average molecular weight is 364 g/mol. The third-order valence-electron chi connectivity index (χ3n) is 4.13. The highest BCUT2D eigenvalue weighted by Gasteiger charge is 1.95. The third kappa shape index (κ3) is 8.31. The number of unbranched alkanes of at least 4 members (excludes halogenated alkanes) is 3. The van der Waals surface area contributed by atoms with Crippen LogP contribution in [0.4, 0.5) is 5.69 Å². The van der Waals surface area contributed by atoms with Crippen LogP contribution < -0.4 is 5.01 Å². The molecule has 1 aromatic heterocycles. The maximum absolute atomic E-state index is 4.45.